The molecule has 0 spiro atoms. The van der Waals surface area contributed by atoms with Gasteiger partial charge in [0.05, 0.1) is 5.69 Å². The molecule has 20 heavy (non-hydrogen) atoms. The molecule has 2 N–H and O–H groups in total. The van der Waals surface area contributed by atoms with Gasteiger partial charge in [0.1, 0.15) is 13.1 Å². The first-order valence-corrected chi connectivity index (χ1v) is 5.78. The molecule has 1 fully saturated rings. The van der Waals surface area contributed by atoms with Gasteiger partial charge < -0.3 is 10.4 Å². The highest BCUT2D eigenvalue weighted by Gasteiger charge is 2.34. The monoisotopic (exact) mass is 292 g/mol. The summed E-state index contributed by atoms with van der Waals surface area (Å²) in [6, 6.07) is 0. The first-order valence-electron chi connectivity index (χ1n) is 5.78. The van der Waals surface area contributed by atoms with Gasteiger partial charge in [-0.25, -0.2) is 9.48 Å². The Morgan fingerprint density at radius 3 is 2.55 bits per heavy atom. The highest BCUT2D eigenvalue weighted by molar-refractivity contribution is 5.87. The Kier molecular flexibility index (Phi) is 3.64. The second kappa shape index (κ2) is 5.10. The molecule has 7 nitrogen and oxygen atoms in total. The molecule has 0 aliphatic heterocycles. The van der Waals surface area contributed by atoms with Crippen LogP contribution in [0.2, 0.25) is 0 Å². The first-order chi connectivity index (χ1) is 9.28. The lowest BCUT2D eigenvalue weighted by molar-refractivity contribution is -0.138. The van der Waals surface area contributed by atoms with Crippen LogP contribution in [0.3, 0.4) is 0 Å². The molecule has 1 aromatic rings. The number of carboxylic acid groups (broad SMARTS) is 1. The van der Waals surface area contributed by atoms with Crippen molar-refractivity contribution in [2.45, 2.75) is 31.5 Å². The zero-order chi connectivity index (χ0) is 14.9. The molecule has 1 amide bonds. The Labute approximate surface area is 110 Å². The van der Waals surface area contributed by atoms with Gasteiger partial charge in [-0.3, -0.25) is 4.79 Å². The summed E-state index contributed by atoms with van der Waals surface area (Å²) in [6.07, 6.45) is -3.00. The number of aromatic carboxylic acids is 1. The number of aromatic nitrogens is 3. The van der Waals surface area contributed by atoms with Gasteiger partial charge in [-0.2, -0.15) is 13.2 Å². The van der Waals surface area contributed by atoms with E-state index in [-0.39, 0.29) is 11.6 Å². The second-order valence-corrected chi connectivity index (χ2v) is 4.45. The molecular weight excluding hydrogens is 281 g/mol. The smallest absolute Gasteiger partial charge is 0.405 e. The summed E-state index contributed by atoms with van der Waals surface area (Å²) in [5, 5.41) is 17.6. The van der Waals surface area contributed by atoms with Crippen LogP contribution in [0.15, 0.2) is 0 Å². The highest BCUT2D eigenvalue weighted by atomic mass is 19.4. The summed E-state index contributed by atoms with van der Waals surface area (Å²) >= 11 is 0. The van der Waals surface area contributed by atoms with Crippen LogP contribution in [0, 0.1) is 0 Å². The number of carboxylic acids is 1. The minimum Gasteiger partial charge on any atom is -0.476 e. The van der Waals surface area contributed by atoms with Gasteiger partial charge in [-0.05, 0) is 12.8 Å². The van der Waals surface area contributed by atoms with Gasteiger partial charge in [0.15, 0.2) is 5.69 Å². The van der Waals surface area contributed by atoms with Crippen LogP contribution in [0.4, 0.5) is 13.2 Å². The molecule has 1 aliphatic carbocycles. The zero-order valence-electron chi connectivity index (χ0n) is 10.1. The fourth-order valence-corrected chi connectivity index (χ4v) is 1.74. The van der Waals surface area contributed by atoms with Crippen molar-refractivity contribution in [1.82, 2.24) is 20.3 Å². The van der Waals surface area contributed by atoms with E-state index in [1.54, 1.807) is 5.32 Å². The van der Waals surface area contributed by atoms with E-state index in [4.69, 9.17) is 5.11 Å². The van der Waals surface area contributed by atoms with Gasteiger partial charge in [0.25, 0.3) is 0 Å². The second-order valence-electron chi connectivity index (χ2n) is 4.45. The number of carbonyl (C=O) groups is 2. The van der Waals surface area contributed by atoms with Crippen molar-refractivity contribution in [3.8, 4) is 0 Å². The molecule has 0 bridgehead atoms. The summed E-state index contributed by atoms with van der Waals surface area (Å²) in [7, 11) is 0. The van der Waals surface area contributed by atoms with Crippen LogP contribution in [0.25, 0.3) is 0 Å². The highest BCUT2D eigenvalue weighted by Crippen LogP contribution is 2.41. The SMILES string of the molecule is O=C(Cn1nnc(C(=O)O)c1C1CC1)NCC(F)(F)F. The molecule has 0 aromatic carbocycles. The summed E-state index contributed by atoms with van der Waals surface area (Å²) in [5.41, 5.74) is 0.0378. The molecule has 2 rings (SSSR count). The first kappa shape index (κ1) is 14.3. The molecule has 1 saturated carbocycles. The average Bonchev–Trinajstić information content (AvgIpc) is 3.07. The average molecular weight is 292 g/mol. The maximum absolute atomic E-state index is 12.0. The van der Waals surface area contributed by atoms with Crippen molar-refractivity contribution in [3.05, 3.63) is 11.4 Å². The van der Waals surface area contributed by atoms with Gasteiger partial charge in [-0.15, -0.1) is 5.10 Å². The summed E-state index contributed by atoms with van der Waals surface area (Å²) in [6.45, 7) is -1.92. The predicted octanol–water partition coefficient (Wildman–Crippen LogP) is 0.532. The number of hydrogen-bond donors (Lipinski definition) is 2. The standard InChI is InChI=1S/C10H11F3N4O3/c11-10(12,13)4-14-6(18)3-17-8(5-1-2-5)7(9(19)20)15-16-17/h5H,1-4H2,(H,14,18)(H,19,20). The molecule has 0 saturated heterocycles. The zero-order valence-corrected chi connectivity index (χ0v) is 10.1. The number of nitrogens with zero attached hydrogens (tertiary/aromatic N) is 3. The Morgan fingerprint density at radius 1 is 1.40 bits per heavy atom. The Morgan fingerprint density at radius 2 is 2.05 bits per heavy atom. The summed E-state index contributed by atoms with van der Waals surface area (Å²) in [4.78, 5) is 22.3. The van der Waals surface area contributed by atoms with Crippen molar-refractivity contribution in [1.29, 1.82) is 0 Å². The maximum atomic E-state index is 12.0. The van der Waals surface area contributed by atoms with Crippen molar-refractivity contribution >= 4 is 11.9 Å². The molecule has 0 unspecified atom stereocenters. The van der Waals surface area contributed by atoms with E-state index >= 15 is 0 Å². The van der Waals surface area contributed by atoms with Gasteiger partial charge in [-0.1, -0.05) is 5.21 Å². The van der Waals surface area contributed by atoms with Crippen molar-refractivity contribution in [2.24, 2.45) is 0 Å². The third-order valence-corrected chi connectivity index (χ3v) is 2.72. The molecule has 10 heteroatoms. The maximum Gasteiger partial charge on any atom is 0.405 e. The van der Waals surface area contributed by atoms with E-state index in [9.17, 15) is 22.8 Å². The number of rotatable bonds is 5. The Balaban J connectivity index is 2.06. The van der Waals surface area contributed by atoms with E-state index in [0.717, 1.165) is 17.5 Å². The number of halogens is 3. The molecular formula is C10H11F3N4O3. The predicted molar refractivity (Wildman–Crippen MR) is 58.0 cm³/mol. The molecule has 0 atom stereocenters. The molecule has 1 heterocycles. The Bertz CT molecular complexity index is 536. The molecule has 1 aliphatic rings. The van der Waals surface area contributed by atoms with Crippen LogP contribution < -0.4 is 5.32 Å². The minimum atomic E-state index is -4.50. The lowest BCUT2D eigenvalue weighted by Gasteiger charge is -2.09. The van der Waals surface area contributed by atoms with Gasteiger partial charge >= 0.3 is 12.1 Å². The van der Waals surface area contributed by atoms with E-state index in [0.29, 0.717) is 5.69 Å². The number of alkyl halides is 3. The summed E-state index contributed by atoms with van der Waals surface area (Å²) in [5.74, 6) is -2.22. The van der Waals surface area contributed by atoms with E-state index < -0.39 is 31.1 Å². The molecule has 0 radical (unpaired) electrons. The normalized spacial score (nSPS) is 15.2. The van der Waals surface area contributed by atoms with Crippen LogP contribution in [0.5, 0.6) is 0 Å². The minimum absolute atomic E-state index is 0.0495. The fraction of sp³-hybridized carbons (Fsp3) is 0.600. The van der Waals surface area contributed by atoms with Crippen molar-refractivity contribution in [3.63, 3.8) is 0 Å². The molecule has 1 aromatic heterocycles. The van der Waals surface area contributed by atoms with Crippen LogP contribution >= 0.6 is 0 Å². The number of carbonyl (C=O) groups excluding carboxylic acids is 1. The van der Waals surface area contributed by atoms with Crippen molar-refractivity contribution in [2.75, 3.05) is 6.54 Å². The third kappa shape index (κ3) is 3.45. The quantitative estimate of drug-likeness (QED) is 0.825. The number of amides is 1. The van der Waals surface area contributed by atoms with Crippen LogP contribution in [0.1, 0.15) is 34.9 Å². The van der Waals surface area contributed by atoms with Crippen LogP contribution in [-0.2, 0) is 11.3 Å². The van der Waals surface area contributed by atoms with Crippen LogP contribution in [-0.4, -0.2) is 44.7 Å². The van der Waals surface area contributed by atoms with Gasteiger partial charge in [0.2, 0.25) is 5.91 Å². The number of nitrogens with one attached hydrogen (secondary N) is 1. The van der Waals surface area contributed by atoms with E-state index in [2.05, 4.69) is 10.3 Å². The van der Waals surface area contributed by atoms with Gasteiger partial charge in [0, 0.05) is 5.92 Å². The third-order valence-electron chi connectivity index (χ3n) is 2.72. The lowest BCUT2D eigenvalue weighted by Crippen LogP contribution is -2.36. The topological polar surface area (TPSA) is 97.1 Å². The fourth-order valence-electron chi connectivity index (χ4n) is 1.74. The largest absolute Gasteiger partial charge is 0.476 e. The van der Waals surface area contributed by atoms with Crippen molar-refractivity contribution < 1.29 is 27.9 Å². The van der Waals surface area contributed by atoms with E-state index in [1.165, 1.54) is 0 Å². The summed E-state index contributed by atoms with van der Waals surface area (Å²) < 4.78 is 36.9. The van der Waals surface area contributed by atoms with E-state index in [1.807, 2.05) is 0 Å². The number of hydrogen-bond acceptors (Lipinski definition) is 4. The Hall–Kier alpha value is -2.13. The molecule has 110 valence electrons. The lowest BCUT2D eigenvalue weighted by atomic mass is 10.2.